The first kappa shape index (κ1) is 13.9. The van der Waals surface area contributed by atoms with E-state index in [0.717, 1.165) is 0 Å². The lowest BCUT2D eigenvalue weighted by atomic mass is 10.2. The molecule has 0 aliphatic heterocycles. The molecule has 6 heteroatoms. The van der Waals surface area contributed by atoms with Crippen LogP contribution in [-0.4, -0.2) is 54.3 Å². The predicted octanol–water partition coefficient (Wildman–Crippen LogP) is 0.814. The molecule has 1 amide bonds. The Bertz CT molecular complexity index is 387. The summed E-state index contributed by atoms with van der Waals surface area (Å²) in [7, 11) is 3.08. The van der Waals surface area contributed by atoms with Crippen molar-refractivity contribution in [2.45, 2.75) is 6.10 Å². The summed E-state index contributed by atoms with van der Waals surface area (Å²) in [6, 6.07) is 1.55. The van der Waals surface area contributed by atoms with Gasteiger partial charge in [0.25, 0.3) is 5.91 Å². The zero-order valence-corrected chi connectivity index (χ0v) is 10.5. The van der Waals surface area contributed by atoms with E-state index in [1.54, 1.807) is 13.1 Å². The fourth-order valence-electron chi connectivity index (χ4n) is 1.38. The van der Waals surface area contributed by atoms with Crippen molar-refractivity contribution >= 4 is 17.5 Å². The van der Waals surface area contributed by atoms with E-state index in [-0.39, 0.29) is 19.1 Å². The minimum Gasteiger partial charge on any atom is -0.389 e. The van der Waals surface area contributed by atoms with Gasteiger partial charge >= 0.3 is 0 Å². The van der Waals surface area contributed by atoms with Crippen molar-refractivity contribution in [3.8, 4) is 0 Å². The van der Waals surface area contributed by atoms with Crippen molar-refractivity contribution in [1.29, 1.82) is 0 Å². The number of methoxy groups -OCH3 is 1. The van der Waals surface area contributed by atoms with E-state index in [1.807, 2.05) is 0 Å². The van der Waals surface area contributed by atoms with E-state index in [0.29, 0.717) is 10.6 Å². The van der Waals surface area contributed by atoms with Gasteiger partial charge in [-0.25, -0.2) is 0 Å². The van der Waals surface area contributed by atoms with Gasteiger partial charge < -0.3 is 14.7 Å². The third-order valence-corrected chi connectivity index (χ3v) is 2.52. The van der Waals surface area contributed by atoms with Crippen molar-refractivity contribution in [1.82, 2.24) is 9.88 Å². The van der Waals surface area contributed by atoms with E-state index in [9.17, 15) is 9.90 Å². The first-order valence-electron chi connectivity index (χ1n) is 5.08. The van der Waals surface area contributed by atoms with Crippen LogP contribution in [0.3, 0.4) is 0 Å². The number of aliphatic hydroxyl groups excluding tert-OH is 1. The molecule has 1 aromatic heterocycles. The molecule has 0 fully saturated rings. The number of halogens is 1. The van der Waals surface area contributed by atoms with Crippen LogP contribution in [0, 0.1) is 0 Å². The Morgan fingerprint density at radius 2 is 2.41 bits per heavy atom. The Kier molecular flexibility index (Phi) is 5.34. The number of carbonyl (C=O) groups is 1. The molecular formula is C11H15ClN2O3. The third-order valence-electron chi connectivity index (χ3n) is 2.19. The monoisotopic (exact) mass is 258 g/mol. The van der Waals surface area contributed by atoms with Gasteiger partial charge in [-0.2, -0.15) is 0 Å². The van der Waals surface area contributed by atoms with Gasteiger partial charge in [0.05, 0.1) is 23.3 Å². The van der Waals surface area contributed by atoms with Gasteiger partial charge in [-0.1, -0.05) is 11.6 Å². The van der Waals surface area contributed by atoms with Gasteiger partial charge in [0.15, 0.2) is 0 Å². The van der Waals surface area contributed by atoms with Crippen LogP contribution in [0.1, 0.15) is 10.4 Å². The summed E-state index contributed by atoms with van der Waals surface area (Å²) < 4.78 is 4.79. The number of likely N-dealkylation sites (N-methyl/N-ethyl adjacent to an activating group) is 1. The van der Waals surface area contributed by atoms with Crippen molar-refractivity contribution in [2.24, 2.45) is 0 Å². The summed E-state index contributed by atoms with van der Waals surface area (Å²) >= 11 is 5.89. The highest BCUT2D eigenvalue weighted by atomic mass is 35.5. The Hall–Kier alpha value is -1.17. The highest BCUT2D eigenvalue weighted by molar-refractivity contribution is 6.33. The Balaban J connectivity index is 2.67. The van der Waals surface area contributed by atoms with Crippen LogP contribution in [-0.2, 0) is 4.74 Å². The van der Waals surface area contributed by atoms with Crippen LogP contribution in [0.5, 0.6) is 0 Å². The molecule has 94 valence electrons. The molecule has 0 saturated carbocycles. The predicted molar refractivity (Wildman–Crippen MR) is 64.1 cm³/mol. The van der Waals surface area contributed by atoms with Crippen molar-refractivity contribution in [3.63, 3.8) is 0 Å². The fraction of sp³-hybridized carbons (Fsp3) is 0.455. The number of ether oxygens (including phenoxy) is 1. The number of carbonyl (C=O) groups excluding carboxylic acids is 1. The van der Waals surface area contributed by atoms with Crippen LogP contribution in [0.25, 0.3) is 0 Å². The summed E-state index contributed by atoms with van der Waals surface area (Å²) in [5.74, 6) is -0.279. The lowest BCUT2D eigenvalue weighted by Gasteiger charge is -2.20. The number of aromatic nitrogens is 1. The Morgan fingerprint density at radius 1 is 1.71 bits per heavy atom. The molecule has 0 aliphatic rings. The summed E-state index contributed by atoms with van der Waals surface area (Å²) in [6.07, 6.45) is 2.20. The standard InChI is InChI=1S/C11H15ClN2O3/c1-14(6-8(15)7-17-2)11(16)9-5-13-4-3-10(9)12/h3-5,8,15H,6-7H2,1-2H3. The number of hydrogen-bond acceptors (Lipinski definition) is 4. The molecule has 1 N–H and O–H groups in total. The summed E-state index contributed by atoms with van der Waals surface area (Å²) in [6.45, 7) is 0.357. The second-order valence-corrected chi connectivity index (χ2v) is 4.06. The van der Waals surface area contributed by atoms with Gasteiger partial charge in [0.2, 0.25) is 0 Å². The Labute approximate surface area is 105 Å². The molecule has 0 bridgehead atoms. The molecule has 5 nitrogen and oxygen atoms in total. The zero-order chi connectivity index (χ0) is 12.8. The van der Waals surface area contributed by atoms with E-state index in [1.165, 1.54) is 24.4 Å². The lowest BCUT2D eigenvalue weighted by Crippen LogP contribution is -2.36. The van der Waals surface area contributed by atoms with Crippen LogP contribution in [0.2, 0.25) is 5.02 Å². The quantitative estimate of drug-likeness (QED) is 0.849. The SMILES string of the molecule is COCC(O)CN(C)C(=O)c1cnccc1Cl. The zero-order valence-electron chi connectivity index (χ0n) is 9.76. The number of pyridine rings is 1. The number of nitrogens with zero attached hydrogens (tertiary/aromatic N) is 2. The molecule has 17 heavy (non-hydrogen) atoms. The number of hydrogen-bond donors (Lipinski definition) is 1. The highest BCUT2D eigenvalue weighted by Gasteiger charge is 2.17. The molecular weight excluding hydrogens is 244 g/mol. The van der Waals surface area contributed by atoms with Crippen molar-refractivity contribution < 1.29 is 14.6 Å². The topological polar surface area (TPSA) is 62.7 Å². The molecule has 1 unspecified atom stereocenters. The molecule has 1 heterocycles. The maximum atomic E-state index is 12.0. The largest absolute Gasteiger partial charge is 0.389 e. The van der Waals surface area contributed by atoms with Gasteiger partial charge in [0.1, 0.15) is 0 Å². The normalized spacial score (nSPS) is 12.2. The first-order chi connectivity index (χ1) is 8.06. The smallest absolute Gasteiger partial charge is 0.256 e. The van der Waals surface area contributed by atoms with Gasteiger partial charge in [-0.3, -0.25) is 9.78 Å². The lowest BCUT2D eigenvalue weighted by molar-refractivity contribution is 0.0380. The van der Waals surface area contributed by atoms with Crippen molar-refractivity contribution in [2.75, 3.05) is 27.3 Å². The molecule has 1 rings (SSSR count). The summed E-state index contributed by atoms with van der Waals surface area (Å²) in [5, 5.41) is 9.86. The molecule has 0 aromatic carbocycles. The third kappa shape index (κ3) is 3.96. The molecule has 0 aliphatic carbocycles. The summed E-state index contributed by atoms with van der Waals surface area (Å²) in [4.78, 5) is 17.2. The minimum atomic E-state index is -0.718. The molecule has 0 radical (unpaired) electrons. The average Bonchev–Trinajstić information content (AvgIpc) is 2.29. The molecule has 0 saturated heterocycles. The van der Waals surface area contributed by atoms with Crippen LogP contribution in [0.15, 0.2) is 18.5 Å². The average molecular weight is 259 g/mol. The number of rotatable bonds is 5. The maximum absolute atomic E-state index is 12.0. The first-order valence-corrected chi connectivity index (χ1v) is 5.46. The van der Waals surface area contributed by atoms with E-state index in [4.69, 9.17) is 16.3 Å². The Morgan fingerprint density at radius 3 is 3.00 bits per heavy atom. The number of amides is 1. The second kappa shape index (κ2) is 6.54. The number of aliphatic hydroxyl groups is 1. The summed E-state index contributed by atoms with van der Waals surface area (Å²) in [5.41, 5.74) is 0.321. The van der Waals surface area contributed by atoms with Crippen molar-refractivity contribution in [3.05, 3.63) is 29.0 Å². The maximum Gasteiger partial charge on any atom is 0.256 e. The van der Waals surface area contributed by atoms with E-state index >= 15 is 0 Å². The minimum absolute atomic E-state index is 0.178. The van der Waals surface area contributed by atoms with E-state index < -0.39 is 6.10 Å². The molecule has 1 aromatic rings. The van der Waals surface area contributed by atoms with Gasteiger partial charge in [-0.05, 0) is 6.07 Å². The van der Waals surface area contributed by atoms with E-state index in [2.05, 4.69) is 4.98 Å². The highest BCUT2D eigenvalue weighted by Crippen LogP contribution is 2.15. The van der Waals surface area contributed by atoms with Crippen LogP contribution < -0.4 is 0 Å². The van der Waals surface area contributed by atoms with Gasteiger partial charge in [-0.15, -0.1) is 0 Å². The van der Waals surface area contributed by atoms with Gasteiger partial charge in [0, 0.05) is 33.1 Å². The van der Waals surface area contributed by atoms with Crippen LogP contribution >= 0.6 is 11.6 Å². The second-order valence-electron chi connectivity index (χ2n) is 3.65. The van der Waals surface area contributed by atoms with Crippen LogP contribution in [0.4, 0.5) is 0 Å². The molecule has 1 atom stereocenters. The fourth-order valence-corrected chi connectivity index (χ4v) is 1.57. The molecule has 0 spiro atoms.